The third-order valence-corrected chi connectivity index (χ3v) is 7.37. The lowest BCUT2D eigenvalue weighted by Crippen LogP contribution is -2.52. The van der Waals surface area contributed by atoms with Crippen molar-refractivity contribution in [3.05, 3.63) is 52.1 Å². The Kier molecular flexibility index (Phi) is 8.23. The first-order chi connectivity index (χ1) is 18.7. The van der Waals surface area contributed by atoms with Crippen molar-refractivity contribution in [2.24, 2.45) is 11.8 Å². The number of halogens is 3. The number of benzene rings is 1. The highest BCUT2D eigenvalue weighted by molar-refractivity contribution is 6.32. The fourth-order valence-corrected chi connectivity index (χ4v) is 4.94. The summed E-state index contributed by atoms with van der Waals surface area (Å²) in [5.74, 6) is -5.08. The second-order valence-electron chi connectivity index (χ2n) is 10.9. The monoisotopic (exact) mass is 578 g/mol. The molecule has 4 rings (SSSR count). The first-order valence-corrected chi connectivity index (χ1v) is 13.3. The molecule has 3 heterocycles. The van der Waals surface area contributed by atoms with E-state index in [0.29, 0.717) is 23.1 Å². The zero-order chi connectivity index (χ0) is 29.4. The minimum absolute atomic E-state index is 0.0523. The van der Waals surface area contributed by atoms with Gasteiger partial charge in [-0.15, -0.1) is 0 Å². The number of nitrogens with one attached hydrogen (secondary N) is 1. The molecule has 0 aliphatic carbocycles. The van der Waals surface area contributed by atoms with E-state index >= 15 is 0 Å². The fraction of sp³-hybridized carbons (Fsp3) is 0.481. The highest BCUT2D eigenvalue weighted by Gasteiger charge is 2.47. The third kappa shape index (κ3) is 6.28. The van der Waals surface area contributed by atoms with Crippen LogP contribution in [0.4, 0.5) is 26.2 Å². The molecule has 0 bridgehead atoms. The van der Waals surface area contributed by atoms with E-state index in [1.165, 1.54) is 35.3 Å². The number of hydrogen-bond acceptors (Lipinski definition) is 7. The maximum Gasteiger partial charge on any atom is 0.329 e. The molecule has 3 aromatic rings. The Balaban J connectivity index is 1.68. The molecule has 2 aromatic heterocycles. The lowest BCUT2D eigenvalue weighted by atomic mass is 9.87. The Morgan fingerprint density at radius 2 is 1.90 bits per heavy atom. The molecule has 0 radical (unpaired) electrons. The number of carboxylic acids is 1. The number of fused-ring (bicyclic) bond motifs is 1. The summed E-state index contributed by atoms with van der Waals surface area (Å²) in [6, 6.07) is 5.19. The molecule has 216 valence electrons. The number of rotatable bonds is 9. The van der Waals surface area contributed by atoms with Gasteiger partial charge in [0.05, 0.1) is 22.8 Å². The van der Waals surface area contributed by atoms with Crippen molar-refractivity contribution >= 4 is 46.1 Å². The molecule has 3 N–H and O–H groups in total. The molecular weight excluding hydrogens is 546 g/mol. The van der Waals surface area contributed by atoms with Gasteiger partial charge in [0.2, 0.25) is 5.95 Å². The number of alkyl halides is 2. The van der Waals surface area contributed by atoms with Gasteiger partial charge in [-0.3, -0.25) is 9.13 Å². The van der Waals surface area contributed by atoms with E-state index in [-0.39, 0.29) is 48.7 Å². The predicted octanol–water partition coefficient (Wildman–Crippen LogP) is 4.52. The normalized spacial score (nSPS) is 19.4. The van der Waals surface area contributed by atoms with Gasteiger partial charge in [-0.05, 0) is 38.5 Å². The first-order valence-electron chi connectivity index (χ1n) is 12.9. The molecular formula is C27H33ClF2N6O4. The number of anilines is 3. The highest BCUT2D eigenvalue weighted by atomic mass is 35.5. The second kappa shape index (κ2) is 11.2. The van der Waals surface area contributed by atoms with Gasteiger partial charge in [-0.25, -0.2) is 23.4 Å². The van der Waals surface area contributed by atoms with Gasteiger partial charge in [-0.2, -0.15) is 4.98 Å². The Hall–Kier alpha value is -3.51. The second-order valence-corrected chi connectivity index (χ2v) is 11.3. The average molecular weight is 579 g/mol. The summed E-state index contributed by atoms with van der Waals surface area (Å²) in [5.41, 5.74) is 0.341. The van der Waals surface area contributed by atoms with E-state index in [1.807, 2.05) is 0 Å². The SMILES string of the molecule is C[C@@H]1CN(c2ncc(Cl)c(Nc3ccc4c(c3)n(CCC(C)(C)O)c(=O)n4C/C=C/C(=O)O)n2)C[C@H](C)C1(F)F. The largest absolute Gasteiger partial charge is 0.478 e. The smallest absolute Gasteiger partial charge is 0.329 e. The molecule has 13 heteroatoms. The van der Waals surface area contributed by atoms with Crippen molar-refractivity contribution < 1.29 is 23.8 Å². The van der Waals surface area contributed by atoms with Crippen molar-refractivity contribution in [1.82, 2.24) is 19.1 Å². The van der Waals surface area contributed by atoms with Gasteiger partial charge in [0, 0.05) is 49.8 Å². The van der Waals surface area contributed by atoms with Crippen LogP contribution in [0, 0.1) is 11.8 Å². The molecule has 0 amide bonds. The van der Waals surface area contributed by atoms with Crippen LogP contribution in [0.25, 0.3) is 11.0 Å². The molecule has 1 aromatic carbocycles. The van der Waals surface area contributed by atoms with Crippen LogP contribution in [-0.2, 0) is 17.9 Å². The summed E-state index contributed by atoms with van der Waals surface area (Å²) >= 11 is 6.38. The van der Waals surface area contributed by atoms with Gasteiger partial charge >= 0.3 is 11.7 Å². The van der Waals surface area contributed by atoms with Gasteiger partial charge in [0.15, 0.2) is 5.82 Å². The van der Waals surface area contributed by atoms with Gasteiger partial charge in [-0.1, -0.05) is 31.5 Å². The number of nitrogens with zero attached hydrogens (tertiary/aromatic N) is 5. The van der Waals surface area contributed by atoms with Crippen LogP contribution in [0.3, 0.4) is 0 Å². The first kappa shape index (κ1) is 29.5. The average Bonchev–Trinajstić information content (AvgIpc) is 3.12. The Labute approximate surface area is 234 Å². The van der Waals surface area contributed by atoms with Gasteiger partial charge < -0.3 is 20.4 Å². The van der Waals surface area contributed by atoms with Crippen molar-refractivity contribution in [2.45, 2.75) is 58.7 Å². The third-order valence-electron chi connectivity index (χ3n) is 7.09. The standard InChI is InChI=1S/C27H33ClF2N6O4/c1-16-14-34(15-17(2)27(16,29)30)24-31-13-19(28)23(33-24)32-18-7-8-20-21(12-18)36(11-9-26(3,4)40)25(39)35(20)10-5-6-22(37)38/h5-8,12-13,16-17,40H,9-11,14-15H2,1-4H3,(H,37,38)(H,31,32,33)/b6-5+/t16-,17+. The summed E-state index contributed by atoms with van der Waals surface area (Å²) in [6.45, 7) is 6.80. The minimum atomic E-state index is -2.78. The molecule has 40 heavy (non-hydrogen) atoms. The molecule has 1 saturated heterocycles. The summed E-state index contributed by atoms with van der Waals surface area (Å²) in [6.07, 6.45) is 4.08. The zero-order valence-corrected chi connectivity index (χ0v) is 23.5. The lowest BCUT2D eigenvalue weighted by molar-refractivity contribution is -0.131. The topological polar surface area (TPSA) is 126 Å². The Bertz CT molecular complexity index is 1480. The number of allylic oxidation sites excluding steroid dienone is 1. The van der Waals surface area contributed by atoms with E-state index in [4.69, 9.17) is 16.7 Å². The van der Waals surface area contributed by atoms with E-state index < -0.39 is 29.3 Å². The van der Waals surface area contributed by atoms with Crippen LogP contribution >= 0.6 is 11.6 Å². The number of carbonyl (C=O) groups is 1. The van der Waals surface area contributed by atoms with Crippen LogP contribution < -0.4 is 15.9 Å². The number of aryl methyl sites for hydroxylation is 1. The fourth-order valence-electron chi connectivity index (χ4n) is 4.80. The van der Waals surface area contributed by atoms with E-state index in [1.54, 1.807) is 36.9 Å². The number of aliphatic carboxylic acids is 1. The van der Waals surface area contributed by atoms with Crippen molar-refractivity contribution in [3.8, 4) is 0 Å². The van der Waals surface area contributed by atoms with Gasteiger partial charge in [0.1, 0.15) is 5.02 Å². The summed E-state index contributed by atoms with van der Waals surface area (Å²) < 4.78 is 31.7. The van der Waals surface area contributed by atoms with Crippen LogP contribution in [-0.4, -0.2) is 59.9 Å². The predicted molar refractivity (Wildman–Crippen MR) is 150 cm³/mol. The molecule has 0 spiro atoms. The number of hydrogen-bond donors (Lipinski definition) is 3. The quantitative estimate of drug-likeness (QED) is 0.317. The van der Waals surface area contributed by atoms with Crippen LogP contribution in [0.1, 0.15) is 34.1 Å². The zero-order valence-electron chi connectivity index (χ0n) is 22.7. The molecule has 0 unspecified atom stereocenters. The van der Waals surface area contributed by atoms with E-state index in [2.05, 4.69) is 15.3 Å². The minimum Gasteiger partial charge on any atom is -0.478 e. The van der Waals surface area contributed by atoms with Crippen LogP contribution in [0.15, 0.2) is 41.3 Å². The van der Waals surface area contributed by atoms with Gasteiger partial charge in [0.25, 0.3) is 5.92 Å². The molecule has 0 saturated carbocycles. The lowest BCUT2D eigenvalue weighted by Gasteiger charge is -2.41. The Morgan fingerprint density at radius 3 is 2.52 bits per heavy atom. The number of piperidine rings is 1. The number of aliphatic hydroxyl groups is 1. The Morgan fingerprint density at radius 1 is 1.23 bits per heavy atom. The molecule has 1 fully saturated rings. The summed E-state index contributed by atoms with van der Waals surface area (Å²) in [5, 5.41) is 22.5. The molecule has 1 aliphatic rings. The maximum atomic E-state index is 14.4. The number of carboxylic acid groups (broad SMARTS) is 1. The van der Waals surface area contributed by atoms with Crippen LogP contribution in [0.2, 0.25) is 5.02 Å². The molecule has 2 atom stereocenters. The number of aromatic nitrogens is 4. The summed E-state index contributed by atoms with van der Waals surface area (Å²) in [7, 11) is 0. The number of imidazole rings is 1. The van der Waals surface area contributed by atoms with Crippen LogP contribution in [0.5, 0.6) is 0 Å². The summed E-state index contributed by atoms with van der Waals surface area (Å²) in [4.78, 5) is 34.7. The highest BCUT2D eigenvalue weighted by Crippen LogP contribution is 2.39. The maximum absolute atomic E-state index is 14.4. The van der Waals surface area contributed by atoms with E-state index in [9.17, 15) is 23.5 Å². The van der Waals surface area contributed by atoms with Crippen molar-refractivity contribution in [3.63, 3.8) is 0 Å². The van der Waals surface area contributed by atoms with Crippen molar-refractivity contribution in [1.29, 1.82) is 0 Å². The molecule has 1 aliphatic heterocycles. The molecule has 10 nitrogen and oxygen atoms in total. The van der Waals surface area contributed by atoms with E-state index in [0.717, 1.165) is 6.08 Å². The van der Waals surface area contributed by atoms with Crippen molar-refractivity contribution in [2.75, 3.05) is 23.3 Å².